The molecule has 0 aliphatic carbocycles. The molecule has 1 N–H and O–H groups in total. The first kappa shape index (κ1) is 32.2. The maximum absolute atomic E-state index is 13.8. The van der Waals surface area contributed by atoms with E-state index in [9.17, 15) is 18.0 Å². The van der Waals surface area contributed by atoms with Crippen molar-refractivity contribution in [2.45, 2.75) is 38.8 Å². The van der Waals surface area contributed by atoms with Crippen molar-refractivity contribution in [3.63, 3.8) is 0 Å². The Bertz CT molecular complexity index is 1420. The molecule has 41 heavy (non-hydrogen) atoms. The molecule has 1 atom stereocenters. The predicted molar refractivity (Wildman–Crippen MR) is 164 cm³/mol. The number of rotatable bonds is 14. The summed E-state index contributed by atoms with van der Waals surface area (Å²) in [4.78, 5) is 28.4. The molecule has 220 valence electrons. The summed E-state index contributed by atoms with van der Waals surface area (Å²) in [6, 6.07) is 20.5. The third-order valence-corrected chi connectivity index (χ3v) is 8.38. The second-order valence-electron chi connectivity index (χ2n) is 9.38. The van der Waals surface area contributed by atoms with Crippen molar-refractivity contribution in [2.24, 2.45) is 0 Å². The molecule has 0 unspecified atom stereocenters. The second-order valence-corrected chi connectivity index (χ2v) is 12.1. The number of ether oxygens (including phenoxy) is 1. The van der Waals surface area contributed by atoms with E-state index in [0.717, 1.165) is 11.8 Å². The smallest absolute Gasteiger partial charge is 0.242 e. The van der Waals surface area contributed by atoms with Gasteiger partial charge in [0, 0.05) is 48.6 Å². The number of nitrogens with one attached hydrogen (secondary N) is 1. The third-order valence-electron chi connectivity index (χ3n) is 6.49. The zero-order valence-electron chi connectivity index (χ0n) is 23.3. The lowest BCUT2D eigenvalue weighted by atomic mass is 10.0. The summed E-state index contributed by atoms with van der Waals surface area (Å²) in [6.07, 6.45) is 1.56. The Kier molecular flexibility index (Phi) is 11.9. The summed E-state index contributed by atoms with van der Waals surface area (Å²) < 4.78 is 32.4. The number of likely N-dealkylation sites (N-methyl/N-ethyl adjacent to an activating group) is 1. The van der Waals surface area contributed by atoms with Gasteiger partial charge in [-0.05, 0) is 43.2 Å². The van der Waals surface area contributed by atoms with Gasteiger partial charge in [0.2, 0.25) is 21.8 Å². The van der Waals surface area contributed by atoms with Gasteiger partial charge < -0.3 is 15.0 Å². The summed E-state index contributed by atoms with van der Waals surface area (Å²) in [6.45, 7) is 2.23. The minimum Gasteiger partial charge on any atom is -0.492 e. The van der Waals surface area contributed by atoms with E-state index in [2.05, 4.69) is 5.32 Å². The summed E-state index contributed by atoms with van der Waals surface area (Å²) in [7, 11) is -2.16. The van der Waals surface area contributed by atoms with Crippen LogP contribution in [0.4, 0.5) is 5.69 Å². The van der Waals surface area contributed by atoms with E-state index in [-0.39, 0.29) is 44.2 Å². The summed E-state index contributed by atoms with van der Waals surface area (Å²) in [5.41, 5.74) is 1.80. The number of para-hydroxylation sites is 2. The van der Waals surface area contributed by atoms with E-state index < -0.39 is 16.1 Å². The van der Waals surface area contributed by atoms with Gasteiger partial charge in [0.25, 0.3) is 0 Å². The number of nitrogens with zero attached hydrogens (tertiary/aromatic N) is 2. The van der Waals surface area contributed by atoms with Crippen molar-refractivity contribution in [1.82, 2.24) is 10.2 Å². The molecule has 0 radical (unpaired) electrons. The molecule has 0 bridgehead atoms. The number of anilines is 1. The van der Waals surface area contributed by atoms with Gasteiger partial charge >= 0.3 is 0 Å². The first-order valence-corrected chi connectivity index (χ1v) is 15.8. The SMILES string of the molecule is CCOc1ccccc1N(CCCC(=O)N(Cc1c(Cl)cccc1Cl)[C@H](Cc1ccccc1)C(=O)NC)S(C)(=O)=O. The second kappa shape index (κ2) is 15.1. The highest BCUT2D eigenvalue weighted by molar-refractivity contribution is 7.92. The fraction of sp³-hybridized carbons (Fsp3) is 0.333. The molecule has 3 rings (SSSR count). The standard InChI is InChI=1S/C30H35Cl2N3O5S/c1-4-40-28-17-9-8-16-26(28)35(41(3,38)39)19-11-18-29(36)34(21-23-24(31)14-10-15-25(23)32)27(30(37)33-2)20-22-12-6-5-7-13-22/h5-10,12-17,27H,4,11,18-21H2,1-3H3,(H,33,37)/t27-/m1/s1. The highest BCUT2D eigenvalue weighted by Gasteiger charge is 2.31. The number of amides is 2. The first-order chi connectivity index (χ1) is 19.6. The Labute approximate surface area is 252 Å². The van der Waals surface area contributed by atoms with E-state index >= 15 is 0 Å². The molecule has 0 heterocycles. The Balaban J connectivity index is 1.90. The van der Waals surface area contributed by atoms with Crippen LogP contribution in [0.3, 0.4) is 0 Å². The van der Waals surface area contributed by atoms with Crippen molar-refractivity contribution in [2.75, 3.05) is 30.8 Å². The Morgan fingerprint density at radius 1 is 0.951 bits per heavy atom. The van der Waals surface area contributed by atoms with Crippen LogP contribution < -0.4 is 14.4 Å². The van der Waals surface area contributed by atoms with Crippen LogP contribution in [0.2, 0.25) is 10.0 Å². The molecule has 0 saturated carbocycles. The van der Waals surface area contributed by atoms with Gasteiger partial charge in [-0.15, -0.1) is 0 Å². The Hall–Kier alpha value is -3.27. The molecule has 0 fully saturated rings. The average Bonchev–Trinajstić information content (AvgIpc) is 2.94. The number of benzene rings is 3. The molecule has 0 spiro atoms. The maximum Gasteiger partial charge on any atom is 0.242 e. The van der Waals surface area contributed by atoms with E-state index in [1.54, 1.807) is 42.5 Å². The molecular weight excluding hydrogens is 585 g/mol. The molecule has 3 aromatic carbocycles. The molecule has 0 aliphatic heterocycles. The van der Waals surface area contributed by atoms with E-state index in [4.69, 9.17) is 27.9 Å². The number of carbonyl (C=O) groups is 2. The molecule has 8 nitrogen and oxygen atoms in total. The third kappa shape index (κ3) is 8.86. The number of sulfonamides is 1. The largest absolute Gasteiger partial charge is 0.492 e. The van der Waals surface area contributed by atoms with Gasteiger partial charge in [0.15, 0.2) is 0 Å². The van der Waals surface area contributed by atoms with Gasteiger partial charge in [0.1, 0.15) is 11.8 Å². The molecule has 2 amide bonds. The Morgan fingerprint density at radius 3 is 2.20 bits per heavy atom. The number of halogens is 2. The lowest BCUT2D eigenvalue weighted by Crippen LogP contribution is -2.50. The quantitative estimate of drug-likeness (QED) is 0.263. The number of hydrogen-bond donors (Lipinski definition) is 1. The van der Waals surface area contributed by atoms with Gasteiger partial charge in [-0.3, -0.25) is 13.9 Å². The Morgan fingerprint density at radius 2 is 1.59 bits per heavy atom. The van der Waals surface area contributed by atoms with Gasteiger partial charge in [-0.2, -0.15) is 0 Å². The predicted octanol–water partition coefficient (Wildman–Crippen LogP) is 5.32. The van der Waals surface area contributed by atoms with Crippen molar-refractivity contribution < 1.29 is 22.7 Å². The lowest BCUT2D eigenvalue weighted by molar-refractivity contribution is -0.141. The fourth-order valence-electron chi connectivity index (χ4n) is 4.50. The minimum atomic E-state index is -3.68. The minimum absolute atomic E-state index is 0.00518. The number of hydrogen-bond acceptors (Lipinski definition) is 5. The van der Waals surface area contributed by atoms with Crippen molar-refractivity contribution in [3.8, 4) is 5.75 Å². The monoisotopic (exact) mass is 619 g/mol. The summed E-state index contributed by atoms with van der Waals surface area (Å²) >= 11 is 12.9. The molecule has 3 aromatic rings. The first-order valence-electron chi connectivity index (χ1n) is 13.2. The van der Waals surface area contributed by atoms with Crippen LogP contribution in [0, 0.1) is 0 Å². The molecule has 0 aliphatic rings. The summed E-state index contributed by atoms with van der Waals surface area (Å²) in [5.74, 6) is -0.241. The average molecular weight is 621 g/mol. The van der Waals surface area contributed by atoms with Crippen LogP contribution >= 0.6 is 23.2 Å². The zero-order chi connectivity index (χ0) is 30.0. The van der Waals surface area contributed by atoms with E-state index in [1.807, 2.05) is 37.3 Å². The van der Waals surface area contributed by atoms with Crippen LogP contribution in [0.25, 0.3) is 0 Å². The van der Waals surface area contributed by atoms with Crippen molar-refractivity contribution in [1.29, 1.82) is 0 Å². The fourth-order valence-corrected chi connectivity index (χ4v) is 5.98. The van der Waals surface area contributed by atoms with Gasteiger partial charge in [-0.25, -0.2) is 8.42 Å². The van der Waals surface area contributed by atoms with Crippen LogP contribution in [-0.2, 0) is 32.6 Å². The zero-order valence-corrected chi connectivity index (χ0v) is 25.7. The topological polar surface area (TPSA) is 96.0 Å². The molecule has 0 aromatic heterocycles. The van der Waals surface area contributed by atoms with Crippen LogP contribution in [0.1, 0.15) is 30.9 Å². The van der Waals surface area contributed by atoms with Crippen molar-refractivity contribution in [3.05, 3.63) is 94.0 Å². The lowest BCUT2D eigenvalue weighted by Gasteiger charge is -2.32. The highest BCUT2D eigenvalue weighted by atomic mass is 35.5. The van der Waals surface area contributed by atoms with Gasteiger partial charge in [-0.1, -0.05) is 71.7 Å². The maximum atomic E-state index is 13.8. The molecule has 0 saturated heterocycles. The molecule has 11 heteroatoms. The van der Waals surface area contributed by atoms with Gasteiger partial charge in [0.05, 0.1) is 18.6 Å². The summed E-state index contributed by atoms with van der Waals surface area (Å²) in [5, 5.41) is 3.42. The van der Waals surface area contributed by atoms with Crippen LogP contribution in [0.15, 0.2) is 72.8 Å². The molecular formula is C30H35Cl2N3O5S. The highest BCUT2D eigenvalue weighted by Crippen LogP contribution is 2.31. The van der Waals surface area contributed by atoms with Crippen LogP contribution in [-0.4, -0.2) is 57.6 Å². The van der Waals surface area contributed by atoms with Crippen molar-refractivity contribution >= 4 is 50.7 Å². The number of carbonyl (C=O) groups excluding carboxylic acids is 2. The van der Waals surface area contributed by atoms with Crippen LogP contribution in [0.5, 0.6) is 5.75 Å². The van der Waals surface area contributed by atoms with E-state index in [0.29, 0.717) is 33.7 Å². The normalized spacial score (nSPS) is 11.9. The van der Waals surface area contributed by atoms with E-state index in [1.165, 1.54) is 16.3 Å².